The number of furan rings is 1. The molecule has 0 N–H and O–H groups in total. The van der Waals surface area contributed by atoms with Crippen molar-refractivity contribution >= 4 is 54.3 Å². The number of fused-ring (bicyclic) bond motifs is 10. The Kier molecular flexibility index (Phi) is 7.00. The van der Waals surface area contributed by atoms with Crippen LogP contribution in [0.4, 0.5) is 0 Å². The summed E-state index contributed by atoms with van der Waals surface area (Å²) < 4.78 is 70.3. The van der Waals surface area contributed by atoms with Gasteiger partial charge in [0.1, 0.15) is 5.58 Å². The zero-order valence-electron chi connectivity index (χ0n) is 36.3. The number of nitrogens with zero attached hydrogens (tertiary/aromatic N) is 2. The van der Waals surface area contributed by atoms with Gasteiger partial charge in [-0.1, -0.05) is 116 Å². The molecule has 4 heteroatoms. The van der Waals surface area contributed by atoms with Crippen molar-refractivity contribution in [2.45, 2.75) is 40.8 Å². The molecule has 3 heterocycles. The summed E-state index contributed by atoms with van der Waals surface area (Å²) in [6.07, 6.45) is 1.36. The van der Waals surface area contributed by atoms with Gasteiger partial charge in [-0.2, -0.15) is 0 Å². The number of pyridine rings is 2. The van der Waals surface area contributed by atoms with Crippen molar-refractivity contribution in [3.05, 3.63) is 156 Å². The van der Waals surface area contributed by atoms with Crippen LogP contribution in [0.3, 0.4) is 0 Å². The Morgan fingerprint density at radius 2 is 1.27 bits per heavy atom. The summed E-state index contributed by atoms with van der Waals surface area (Å²) in [5.41, 5.74) is 3.35. The SMILES string of the molecule is [2H]C([2H])([2H])c1cnc(-c2[c-]ccc3c2oc2c3ccc3c4ccccc4c4ccccc4c32)cc1C([2H])([2H])[2H].[2H]C([2H])(c1ccc(-c2[c-]cccc2)nc1)C(C)(C)C.[Ir]. The van der Waals surface area contributed by atoms with Gasteiger partial charge in [0.15, 0.2) is 0 Å². The van der Waals surface area contributed by atoms with Crippen molar-refractivity contribution in [1.29, 1.82) is 0 Å². The molecule has 3 nitrogen and oxygen atoms in total. The Bertz CT molecular complexity index is 2950. The van der Waals surface area contributed by atoms with Crippen molar-refractivity contribution in [2.75, 3.05) is 0 Å². The predicted octanol–water partition coefficient (Wildman–Crippen LogP) is 12.7. The molecule has 0 saturated carbocycles. The molecule has 0 aliphatic heterocycles. The number of hydrogen-bond acceptors (Lipinski definition) is 3. The van der Waals surface area contributed by atoms with Gasteiger partial charge in [0.25, 0.3) is 0 Å². The molecule has 0 spiro atoms. The van der Waals surface area contributed by atoms with Gasteiger partial charge in [0, 0.05) is 54.2 Å². The number of aromatic nitrogens is 2. The van der Waals surface area contributed by atoms with E-state index in [-0.39, 0.29) is 31.2 Å². The van der Waals surface area contributed by atoms with Crippen molar-refractivity contribution < 1.29 is 35.5 Å². The molecule has 253 valence electrons. The molecular weight excluding hydrogens is 801 g/mol. The fraction of sp³-hybridized carbons (Fsp3) is 0.149. The third kappa shape index (κ3) is 6.58. The molecule has 1 radical (unpaired) electrons. The van der Waals surface area contributed by atoms with Crippen LogP contribution < -0.4 is 0 Å². The Hall–Kier alpha value is -5.15. The van der Waals surface area contributed by atoms with E-state index >= 15 is 0 Å². The van der Waals surface area contributed by atoms with Crippen LogP contribution in [-0.4, -0.2) is 9.97 Å². The van der Waals surface area contributed by atoms with Crippen molar-refractivity contribution in [1.82, 2.24) is 9.97 Å². The van der Waals surface area contributed by atoms with Gasteiger partial charge in [-0.25, -0.2) is 0 Å². The van der Waals surface area contributed by atoms with E-state index in [0.29, 0.717) is 22.4 Å². The summed E-state index contributed by atoms with van der Waals surface area (Å²) in [7, 11) is 0. The third-order valence-electron chi connectivity index (χ3n) is 8.73. The summed E-state index contributed by atoms with van der Waals surface area (Å²) in [5.74, 6) is 0. The predicted molar refractivity (Wildman–Crippen MR) is 209 cm³/mol. The molecule has 9 rings (SSSR count). The fourth-order valence-corrected chi connectivity index (χ4v) is 6.58. The van der Waals surface area contributed by atoms with E-state index in [9.17, 15) is 0 Å². The van der Waals surface area contributed by atoms with E-state index in [1.807, 2.05) is 93.6 Å². The molecule has 6 aromatic carbocycles. The smallest absolute Gasteiger partial charge is 0.129 e. The van der Waals surface area contributed by atoms with Crippen LogP contribution in [0.15, 0.2) is 132 Å². The Balaban J connectivity index is 0.000000223. The van der Waals surface area contributed by atoms with Gasteiger partial charge in [-0.15, -0.1) is 54.1 Å². The Morgan fingerprint density at radius 3 is 1.94 bits per heavy atom. The maximum absolute atomic E-state index is 8.21. The zero-order chi connectivity index (χ0) is 41.2. The monoisotopic (exact) mass is 847 g/mol. The van der Waals surface area contributed by atoms with Gasteiger partial charge >= 0.3 is 0 Å². The van der Waals surface area contributed by atoms with Crippen LogP contribution in [-0.2, 0) is 26.5 Å². The normalized spacial score (nSPS) is 14.6. The van der Waals surface area contributed by atoms with Crippen molar-refractivity contribution in [3.63, 3.8) is 0 Å². The first-order valence-electron chi connectivity index (χ1n) is 20.5. The average molecular weight is 847 g/mol. The van der Waals surface area contributed by atoms with Crippen LogP contribution in [0.5, 0.6) is 0 Å². The van der Waals surface area contributed by atoms with Gasteiger partial charge in [0.05, 0.1) is 5.58 Å². The minimum absolute atomic E-state index is 0. The van der Waals surface area contributed by atoms with E-state index in [2.05, 4.69) is 52.4 Å². The van der Waals surface area contributed by atoms with Gasteiger partial charge < -0.3 is 14.4 Å². The minimum Gasteiger partial charge on any atom is -0.500 e. The van der Waals surface area contributed by atoms with Gasteiger partial charge in [0.2, 0.25) is 0 Å². The second-order valence-corrected chi connectivity index (χ2v) is 13.4. The molecule has 0 saturated heterocycles. The molecular formula is C47H38IrN2O-2. The second-order valence-electron chi connectivity index (χ2n) is 13.4. The molecule has 0 aliphatic rings. The zero-order valence-corrected chi connectivity index (χ0v) is 30.7. The minimum atomic E-state index is -2.63. The maximum atomic E-state index is 8.21. The second kappa shape index (κ2) is 13.9. The van der Waals surface area contributed by atoms with E-state index in [4.69, 9.17) is 15.4 Å². The van der Waals surface area contributed by atoms with Gasteiger partial charge in [-0.05, 0) is 74.9 Å². The van der Waals surface area contributed by atoms with Gasteiger partial charge in [-0.3, -0.25) is 0 Å². The number of hydrogen-bond donors (Lipinski definition) is 0. The van der Waals surface area contributed by atoms with Crippen molar-refractivity contribution in [2.24, 2.45) is 5.41 Å². The standard InChI is InChI=1S/C31H20NO.C16H18N.Ir/c1-18-16-28(32-17-19(18)2)27-13-7-12-25-26-15-14-24-22-10-4-3-8-20(22)21-9-5-6-11-23(21)29(24)31(26)33-30(25)27;1-16(2,3)11-13-9-10-15(17-12-13)14-7-5-4-6-8-14;/h3-12,14-17H,1-2H3;4-7,9-10,12H,11H2,1-3H3;/q2*-1;/i1D3,2D3;11D2;. The Morgan fingerprint density at radius 1 is 0.627 bits per heavy atom. The number of aryl methyl sites for hydroxylation is 2. The summed E-state index contributed by atoms with van der Waals surface area (Å²) in [4.78, 5) is 8.72. The summed E-state index contributed by atoms with van der Waals surface area (Å²) in [6.45, 7) is 0.454. The number of benzene rings is 6. The summed E-state index contributed by atoms with van der Waals surface area (Å²) in [5, 5.41) is 8.34. The molecule has 0 bridgehead atoms. The first kappa shape index (κ1) is 25.7. The van der Waals surface area contributed by atoms with E-state index in [1.54, 1.807) is 12.3 Å². The Labute approximate surface area is 324 Å². The van der Waals surface area contributed by atoms with Crippen LogP contribution in [0.2, 0.25) is 0 Å². The summed E-state index contributed by atoms with van der Waals surface area (Å²) in [6, 6.07) is 43.3. The topological polar surface area (TPSA) is 38.9 Å². The molecule has 0 amide bonds. The van der Waals surface area contributed by atoms with Crippen LogP contribution in [0, 0.1) is 31.3 Å². The first-order valence-corrected chi connectivity index (χ1v) is 16.5. The summed E-state index contributed by atoms with van der Waals surface area (Å²) >= 11 is 0. The molecule has 0 unspecified atom stereocenters. The maximum Gasteiger partial charge on any atom is 0.129 e. The van der Waals surface area contributed by atoms with E-state index < -0.39 is 25.5 Å². The van der Waals surface area contributed by atoms with E-state index in [0.717, 1.165) is 60.7 Å². The van der Waals surface area contributed by atoms with Crippen LogP contribution in [0.25, 0.3) is 76.8 Å². The fourth-order valence-electron chi connectivity index (χ4n) is 6.58. The first-order chi connectivity index (χ1) is 27.4. The van der Waals surface area contributed by atoms with Crippen LogP contribution in [0.1, 0.15) is 48.4 Å². The molecule has 9 aromatic rings. The van der Waals surface area contributed by atoms with E-state index in [1.165, 1.54) is 11.5 Å². The molecule has 0 atom stereocenters. The molecule has 0 fully saturated rings. The molecule has 0 aliphatic carbocycles. The quantitative estimate of drug-likeness (QED) is 0.131. The average Bonchev–Trinajstić information content (AvgIpc) is 3.59. The van der Waals surface area contributed by atoms with Crippen LogP contribution >= 0.6 is 0 Å². The largest absolute Gasteiger partial charge is 0.500 e. The number of rotatable bonds is 3. The van der Waals surface area contributed by atoms with Crippen molar-refractivity contribution in [3.8, 4) is 22.5 Å². The third-order valence-corrected chi connectivity index (χ3v) is 8.73. The molecule has 3 aromatic heterocycles. The molecule has 51 heavy (non-hydrogen) atoms.